The number of hydrogen-bond acceptors (Lipinski definition) is 7. The van der Waals surface area contributed by atoms with Gasteiger partial charge in [-0.3, -0.25) is 14.9 Å². The molecule has 1 heterocycles. The molecule has 0 fully saturated rings. The monoisotopic (exact) mass is 406 g/mol. The Kier molecular flexibility index (Phi) is 6.12. The second kappa shape index (κ2) is 7.98. The maximum atomic E-state index is 12.2. The van der Waals surface area contributed by atoms with Crippen LogP contribution in [-0.2, 0) is 4.79 Å². The first-order chi connectivity index (χ1) is 12.2. The van der Waals surface area contributed by atoms with Gasteiger partial charge in [0, 0.05) is 42.1 Å². The summed E-state index contributed by atoms with van der Waals surface area (Å²) in [6.07, 6.45) is 2.13. The maximum Gasteiger partial charge on any atom is 0.270 e. The maximum absolute atomic E-state index is 12.2. The van der Waals surface area contributed by atoms with Crippen molar-refractivity contribution in [2.24, 2.45) is 10.4 Å². The average Bonchev–Trinajstić information content (AvgIpc) is 3.02. The number of non-ortho nitro benzene ring substituents is 1. The van der Waals surface area contributed by atoms with Crippen LogP contribution in [0.4, 0.5) is 10.8 Å². The fraction of sp³-hybridized carbons (Fsp3) is 0.278. The van der Waals surface area contributed by atoms with Crippen LogP contribution in [0.1, 0.15) is 26.7 Å². The second-order valence-corrected chi connectivity index (χ2v) is 7.72. The number of aromatic nitrogens is 1. The number of rotatable bonds is 4. The molecule has 0 saturated carbocycles. The fourth-order valence-electron chi connectivity index (χ4n) is 2.80. The van der Waals surface area contributed by atoms with Gasteiger partial charge in [-0.05, 0) is 5.41 Å². The van der Waals surface area contributed by atoms with Crippen LogP contribution in [0.5, 0.6) is 0 Å². The highest BCUT2D eigenvalue weighted by Crippen LogP contribution is 2.35. The van der Waals surface area contributed by atoms with Gasteiger partial charge in [0.1, 0.15) is 5.76 Å². The van der Waals surface area contributed by atoms with Crippen molar-refractivity contribution in [2.45, 2.75) is 26.7 Å². The van der Waals surface area contributed by atoms with E-state index in [0.717, 1.165) is 0 Å². The van der Waals surface area contributed by atoms with Crippen LogP contribution < -0.4 is 12.4 Å². The molecule has 2 aromatic rings. The minimum absolute atomic E-state index is 0. The zero-order chi connectivity index (χ0) is 18.9. The Morgan fingerprint density at radius 3 is 2.78 bits per heavy atom. The summed E-state index contributed by atoms with van der Waals surface area (Å²) in [4.78, 5) is 31.1. The van der Waals surface area contributed by atoms with Crippen molar-refractivity contribution in [2.75, 3.05) is 0 Å². The molecular weight excluding hydrogens is 390 g/mol. The number of nitro benzene ring substituents is 1. The quantitative estimate of drug-likeness (QED) is 0.472. The van der Waals surface area contributed by atoms with Crippen LogP contribution in [0.2, 0.25) is 0 Å². The SMILES string of the molecule is CC1(C)CC(=O)C(C=Nc2nc(-c3cccc([N+](=O)[O-])c3)cs2)=C(O)C1.[Cl-]. The molecule has 27 heavy (non-hydrogen) atoms. The van der Waals surface area contributed by atoms with Gasteiger partial charge in [0.15, 0.2) is 5.78 Å². The van der Waals surface area contributed by atoms with E-state index in [1.165, 1.54) is 29.7 Å². The Bertz CT molecular complexity index is 950. The Labute approximate surface area is 166 Å². The normalized spacial score (nSPS) is 16.4. The number of carbonyl (C=O) groups is 1. The van der Waals surface area contributed by atoms with Crippen molar-refractivity contribution in [3.05, 3.63) is 51.1 Å². The molecule has 1 aromatic carbocycles. The van der Waals surface area contributed by atoms with Crippen LogP contribution in [0, 0.1) is 15.5 Å². The first-order valence-corrected chi connectivity index (χ1v) is 8.83. The number of nitro groups is 1. The molecule has 0 unspecified atom stereocenters. The molecule has 0 saturated heterocycles. The number of hydrogen-bond donors (Lipinski definition) is 1. The van der Waals surface area contributed by atoms with Crippen molar-refractivity contribution in [1.29, 1.82) is 0 Å². The van der Waals surface area contributed by atoms with E-state index in [4.69, 9.17) is 0 Å². The third-order valence-corrected chi connectivity index (χ3v) is 4.79. The summed E-state index contributed by atoms with van der Waals surface area (Å²) in [5, 5.41) is 23.1. The molecule has 0 spiro atoms. The zero-order valence-electron chi connectivity index (χ0n) is 14.7. The predicted octanol–water partition coefficient (Wildman–Crippen LogP) is 1.63. The summed E-state index contributed by atoms with van der Waals surface area (Å²) < 4.78 is 0. The number of aliphatic imine (C=N–C) groups is 1. The van der Waals surface area contributed by atoms with Gasteiger partial charge in [-0.15, -0.1) is 11.3 Å². The third-order valence-electron chi connectivity index (χ3n) is 4.05. The molecule has 3 rings (SSSR count). The standard InChI is InChI=1S/C18H17N3O4S.ClH/c1-18(2)7-15(22)13(16(23)8-18)9-19-17-20-14(10-26-17)11-4-3-5-12(6-11)21(24)25;/h3-6,9-10,22H,7-8H2,1-2H3;1H/p-1. The first kappa shape index (κ1) is 20.7. The molecule has 0 amide bonds. The number of Topliss-reactive ketones (excluding diaryl/α,β-unsaturated/α-hetero) is 1. The van der Waals surface area contributed by atoms with Gasteiger partial charge in [-0.2, -0.15) is 0 Å². The molecule has 1 aliphatic rings. The Balaban J connectivity index is 0.00000261. The Hall–Kier alpha value is -2.58. The second-order valence-electron chi connectivity index (χ2n) is 6.88. The van der Waals surface area contributed by atoms with Gasteiger partial charge >= 0.3 is 0 Å². The van der Waals surface area contributed by atoms with Gasteiger partial charge in [0.25, 0.3) is 5.69 Å². The lowest BCUT2D eigenvalue weighted by atomic mass is 9.77. The zero-order valence-corrected chi connectivity index (χ0v) is 16.3. The summed E-state index contributed by atoms with van der Waals surface area (Å²) in [5.74, 6) is -0.0940. The molecule has 0 atom stereocenters. The number of nitrogens with zero attached hydrogens (tertiary/aromatic N) is 3. The minimum Gasteiger partial charge on any atom is -1.00 e. The molecule has 1 aromatic heterocycles. The lowest BCUT2D eigenvalue weighted by Gasteiger charge is -2.28. The number of aliphatic hydroxyl groups excluding tert-OH is 1. The van der Waals surface area contributed by atoms with Crippen LogP contribution in [0.15, 0.2) is 46.0 Å². The largest absolute Gasteiger partial charge is 1.00 e. The number of halogens is 1. The van der Waals surface area contributed by atoms with Crippen molar-refractivity contribution >= 4 is 34.2 Å². The lowest BCUT2D eigenvalue weighted by Crippen LogP contribution is -3.00. The predicted molar refractivity (Wildman–Crippen MR) is 100 cm³/mol. The summed E-state index contributed by atoms with van der Waals surface area (Å²) in [6, 6.07) is 6.20. The number of benzene rings is 1. The van der Waals surface area contributed by atoms with Gasteiger partial charge in [-0.1, -0.05) is 26.0 Å². The van der Waals surface area contributed by atoms with E-state index in [1.807, 2.05) is 13.8 Å². The van der Waals surface area contributed by atoms with Crippen molar-refractivity contribution in [3.63, 3.8) is 0 Å². The smallest absolute Gasteiger partial charge is 0.270 e. The van der Waals surface area contributed by atoms with Gasteiger partial charge < -0.3 is 17.5 Å². The van der Waals surface area contributed by atoms with Crippen LogP contribution in [-0.4, -0.2) is 27.0 Å². The van der Waals surface area contributed by atoms with E-state index in [-0.39, 0.29) is 40.6 Å². The molecular formula is C18H17ClN3O4S-. The van der Waals surface area contributed by atoms with E-state index in [0.29, 0.717) is 29.2 Å². The highest BCUT2D eigenvalue weighted by molar-refractivity contribution is 7.13. The number of carbonyl (C=O) groups excluding carboxylic acids is 1. The molecule has 0 bridgehead atoms. The molecule has 0 aliphatic heterocycles. The van der Waals surface area contributed by atoms with Crippen LogP contribution in [0.25, 0.3) is 11.3 Å². The van der Waals surface area contributed by atoms with Gasteiger partial charge in [0.2, 0.25) is 5.13 Å². The summed E-state index contributed by atoms with van der Waals surface area (Å²) in [7, 11) is 0. The van der Waals surface area contributed by atoms with Gasteiger partial charge in [0.05, 0.1) is 16.2 Å². The molecule has 142 valence electrons. The summed E-state index contributed by atoms with van der Waals surface area (Å²) >= 11 is 1.26. The van der Waals surface area contributed by atoms with Crippen molar-refractivity contribution < 1.29 is 27.2 Å². The first-order valence-electron chi connectivity index (χ1n) is 7.95. The molecule has 0 radical (unpaired) electrons. The third kappa shape index (κ3) is 4.78. The Morgan fingerprint density at radius 1 is 1.37 bits per heavy atom. The Morgan fingerprint density at radius 2 is 2.11 bits per heavy atom. The fourth-order valence-corrected chi connectivity index (χ4v) is 3.47. The molecule has 7 nitrogen and oxygen atoms in total. The van der Waals surface area contributed by atoms with Crippen LogP contribution in [0.3, 0.4) is 0 Å². The highest BCUT2D eigenvalue weighted by atomic mass is 35.5. The van der Waals surface area contributed by atoms with Gasteiger partial charge in [-0.25, -0.2) is 9.98 Å². The lowest BCUT2D eigenvalue weighted by molar-refractivity contribution is -0.384. The van der Waals surface area contributed by atoms with Crippen molar-refractivity contribution in [1.82, 2.24) is 4.98 Å². The number of ketones is 1. The topological polar surface area (TPSA) is 106 Å². The van der Waals surface area contributed by atoms with E-state index in [1.54, 1.807) is 17.5 Å². The number of allylic oxidation sites excluding steroid dienone is 2. The average molecular weight is 407 g/mol. The van der Waals surface area contributed by atoms with E-state index < -0.39 is 4.92 Å². The number of thiazole rings is 1. The molecule has 1 aliphatic carbocycles. The number of aliphatic hydroxyl groups is 1. The highest BCUT2D eigenvalue weighted by Gasteiger charge is 2.32. The van der Waals surface area contributed by atoms with Crippen LogP contribution >= 0.6 is 11.3 Å². The van der Waals surface area contributed by atoms with Crippen molar-refractivity contribution in [3.8, 4) is 11.3 Å². The summed E-state index contributed by atoms with van der Waals surface area (Å²) in [5.41, 5.74) is 1.14. The van der Waals surface area contributed by atoms with E-state index in [2.05, 4.69) is 9.98 Å². The molecule has 9 heteroatoms. The molecule has 1 N–H and O–H groups in total. The van der Waals surface area contributed by atoms with E-state index >= 15 is 0 Å². The van der Waals surface area contributed by atoms with E-state index in [9.17, 15) is 20.0 Å². The minimum atomic E-state index is -0.458. The summed E-state index contributed by atoms with van der Waals surface area (Å²) in [6.45, 7) is 3.86.